The number of hydrogen-bond donors (Lipinski definition) is 2. The maximum Gasteiger partial charge on any atom is 0.345 e. The molecule has 3 fully saturated rings. The largest absolute Gasteiger partial charge is 0.477 e. The van der Waals surface area contributed by atoms with Gasteiger partial charge in [0, 0.05) is 61.6 Å². The molecule has 1 saturated carbocycles. The quantitative estimate of drug-likeness (QED) is 0.275. The van der Waals surface area contributed by atoms with Crippen LogP contribution in [0.15, 0.2) is 75.8 Å². The monoisotopic (exact) mass is 681 g/mol. The van der Waals surface area contributed by atoms with E-state index in [9.17, 15) is 19.5 Å². The van der Waals surface area contributed by atoms with E-state index in [2.05, 4.69) is 23.2 Å². The molecule has 0 bridgehead atoms. The number of benzene rings is 1. The summed E-state index contributed by atoms with van der Waals surface area (Å²) in [6.07, 6.45) is 9.96. The number of aromatic carboxylic acids is 1. The van der Waals surface area contributed by atoms with Crippen molar-refractivity contribution in [3.05, 3.63) is 91.8 Å². The van der Waals surface area contributed by atoms with Gasteiger partial charge in [0.1, 0.15) is 4.88 Å². The van der Waals surface area contributed by atoms with Crippen molar-refractivity contribution >= 4 is 51.8 Å². The van der Waals surface area contributed by atoms with Crippen molar-refractivity contribution in [2.45, 2.75) is 58.3 Å². The van der Waals surface area contributed by atoms with E-state index in [0.29, 0.717) is 34.5 Å². The van der Waals surface area contributed by atoms with Gasteiger partial charge in [-0.3, -0.25) is 9.59 Å². The zero-order valence-electron chi connectivity index (χ0n) is 27.1. The lowest BCUT2D eigenvalue weighted by Crippen LogP contribution is -2.58. The normalized spacial score (nSPS) is 20.0. The summed E-state index contributed by atoms with van der Waals surface area (Å²) >= 11 is 2.79. The molecule has 0 unspecified atom stereocenters. The maximum atomic E-state index is 14.1. The fourth-order valence-electron chi connectivity index (χ4n) is 8.09. The molecule has 0 atom stereocenters. The number of nitrogens with one attached hydrogen (secondary N) is 1. The number of hydrogen-bond acceptors (Lipinski definition) is 7. The maximum absolute atomic E-state index is 14.1. The number of rotatable bonds is 6. The third-order valence-corrected chi connectivity index (χ3v) is 13.0. The summed E-state index contributed by atoms with van der Waals surface area (Å²) in [5.74, 6) is -1.15. The van der Waals surface area contributed by atoms with Crippen LogP contribution in [-0.2, 0) is 16.0 Å². The van der Waals surface area contributed by atoms with E-state index in [0.717, 1.165) is 104 Å². The van der Waals surface area contributed by atoms with Crippen LogP contribution >= 0.6 is 22.7 Å². The van der Waals surface area contributed by atoms with Gasteiger partial charge in [0.15, 0.2) is 0 Å². The molecule has 2 amide bonds. The van der Waals surface area contributed by atoms with E-state index in [4.69, 9.17) is 4.74 Å². The number of carboxylic acid groups (broad SMARTS) is 1. The molecule has 5 heterocycles. The van der Waals surface area contributed by atoms with Gasteiger partial charge in [-0.2, -0.15) is 0 Å². The van der Waals surface area contributed by atoms with Crippen LogP contribution in [0.25, 0.3) is 9.75 Å². The lowest BCUT2D eigenvalue weighted by atomic mass is 9.72. The van der Waals surface area contributed by atoms with E-state index < -0.39 is 5.97 Å². The number of ether oxygens (including phenoxy) is 1. The van der Waals surface area contributed by atoms with Crippen molar-refractivity contribution in [3.63, 3.8) is 0 Å². The molecule has 10 heteroatoms. The van der Waals surface area contributed by atoms with Crippen LogP contribution in [0.2, 0.25) is 0 Å². The Hall–Kier alpha value is -3.99. The second-order valence-corrected chi connectivity index (χ2v) is 15.6. The van der Waals surface area contributed by atoms with Crippen LogP contribution in [0.3, 0.4) is 0 Å². The Labute approximate surface area is 288 Å². The summed E-state index contributed by atoms with van der Waals surface area (Å²) in [4.78, 5) is 46.0. The minimum absolute atomic E-state index is 0.101. The topological polar surface area (TPSA) is 99.2 Å². The van der Waals surface area contributed by atoms with Crippen LogP contribution in [0.4, 0.5) is 11.4 Å². The van der Waals surface area contributed by atoms with Gasteiger partial charge < -0.3 is 25.0 Å². The molecular formula is C38H39N3O5S2. The highest BCUT2D eigenvalue weighted by Crippen LogP contribution is 2.47. The first-order valence-electron chi connectivity index (χ1n) is 17.0. The Morgan fingerprint density at radius 3 is 2.56 bits per heavy atom. The molecule has 3 aliphatic heterocycles. The van der Waals surface area contributed by atoms with Crippen molar-refractivity contribution in [2.75, 3.05) is 43.1 Å². The van der Waals surface area contributed by atoms with Gasteiger partial charge in [0.25, 0.3) is 11.8 Å². The average molecular weight is 682 g/mol. The predicted octanol–water partition coefficient (Wildman–Crippen LogP) is 7.90. The van der Waals surface area contributed by atoms with Gasteiger partial charge in [0.05, 0.1) is 21.0 Å². The van der Waals surface area contributed by atoms with E-state index >= 15 is 0 Å². The lowest BCUT2D eigenvalue weighted by molar-refractivity contribution is -0.113. The fourth-order valence-corrected chi connectivity index (χ4v) is 10.2. The smallest absolute Gasteiger partial charge is 0.345 e. The van der Waals surface area contributed by atoms with Crippen LogP contribution in [-0.4, -0.2) is 60.6 Å². The Balaban J connectivity index is 1.02. The highest BCUT2D eigenvalue weighted by molar-refractivity contribution is 7.23. The molecule has 2 aromatic heterocycles. The van der Waals surface area contributed by atoms with E-state index in [1.54, 1.807) is 23.1 Å². The Kier molecular flexibility index (Phi) is 8.13. The minimum atomic E-state index is -0.927. The molecule has 0 radical (unpaired) electrons. The number of fused-ring (bicyclic) bond motifs is 4. The molecule has 2 N–H and O–H groups in total. The first-order valence-corrected chi connectivity index (χ1v) is 18.7. The number of amides is 2. The van der Waals surface area contributed by atoms with Crippen LogP contribution < -0.4 is 10.2 Å². The third kappa shape index (κ3) is 5.53. The molecule has 48 heavy (non-hydrogen) atoms. The second-order valence-electron chi connectivity index (χ2n) is 13.6. The van der Waals surface area contributed by atoms with Gasteiger partial charge in [-0.05, 0) is 110 Å². The first kappa shape index (κ1) is 31.3. The molecule has 1 spiro atoms. The number of carbonyl (C=O) groups excluding carboxylic acids is 2. The van der Waals surface area contributed by atoms with Crippen molar-refractivity contribution in [1.29, 1.82) is 0 Å². The number of carbonyl (C=O) groups is 3. The highest BCUT2D eigenvalue weighted by atomic mass is 32.1. The molecule has 5 aliphatic rings. The molecule has 2 aliphatic carbocycles. The molecule has 8 nitrogen and oxygen atoms in total. The standard InChI is InChI=1S/C38H39N3O5S2/c1-2-23-19-31(40-21-38(22-40)12-15-46-16-13-38)29(18-25-4-3-5-28(23)25)35(42)39-27-8-6-24(7-9-27)36(43)41-14-10-26-20-32(37(44)45)48-33(26)34-30(41)11-17-47-34/h6-9,11,17-18,20H,2-5,10,12-16,19,21-22H2,1H3,(H,39,42)(H,44,45). The number of thiophene rings is 2. The molecule has 1 aromatic carbocycles. The number of anilines is 2. The van der Waals surface area contributed by atoms with Gasteiger partial charge in [-0.1, -0.05) is 12.5 Å². The molecule has 2 saturated heterocycles. The number of likely N-dealkylation sites (tertiary alicyclic amines) is 1. The predicted molar refractivity (Wildman–Crippen MR) is 190 cm³/mol. The minimum Gasteiger partial charge on any atom is -0.477 e. The summed E-state index contributed by atoms with van der Waals surface area (Å²) in [5, 5.41) is 14.6. The third-order valence-electron chi connectivity index (χ3n) is 10.8. The molecule has 248 valence electrons. The average Bonchev–Trinajstić information content (AvgIpc) is 3.81. The van der Waals surface area contributed by atoms with E-state index in [1.807, 2.05) is 23.6 Å². The van der Waals surface area contributed by atoms with Gasteiger partial charge in [-0.25, -0.2) is 4.79 Å². The molecular weight excluding hydrogens is 643 g/mol. The number of carboxylic acids is 1. The van der Waals surface area contributed by atoms with Crippen molar-refractivity contribution in [2.24, 2.45) is 5.41 Å². The Morgan fingerprint density at radius 2 is 1.81 bits per heavy atom. The Morgan fingerprint density at radius 1 is 1.02 bits per heavy atom. The van der Waals surface area contributed by atoms with Crippen molar-refractivity contribution in [3.8, 4) is 9.75 Å². The summed E-state index contributed by atoms with van der Waals surface area (Å²) in [7, 11) is 0. The molecule has 3 aromatic rings. The van der Waals surface area contributed by atoms with Crippen molar-refractivity contribution < 1.29 is 24.2 Å². The zero-order valence-corrected chi connectivity index (χ0v) is 28.7. The van der Waals surface area contributed by atoms with Gasteiger partial charge >= 0.3 is 5.97 Å². The van der Waals surface area contributed by atoms with Gasteiger partial charge in [-0.15, -0.1) is 22.7 Å². The van der Waals surface area contributed by atoms with Crippen molar-refractivity contribution in [1.82, 2.24) is 4.90 Å². The SMILES string of the molecule is CCC1=C2CCCC2=CC(C(=O)Nc2ccc(C(=O)N3CCc4cc(C(=O)O)sc4-c4sccc43)cc2)=C(N2CC3(CCOCC3)C2)C1. The second kappa shape index (κ2) is 12.5. The van der Waals surface area contributed by atoms with Gasteiger partial charge in [0.2, 0.25) is 0 Å². The molecule has 8 rings (SSSR count). The Bertz CT molecular complexity index is 1900. The fraction of sp³-hybridized carbons (Fsp3) is 0.395. The summed E-state index contributed by atoms with van der Waals surface area (Å²) in [5.41, 5.74) is 9.40. The van der Waals surface area contributed by atoms with Crippen LogP contribution in [0.1, 0.15) is 77.5 Å². The van der Waals surface area contributed by atoms with E-state index in [-0.39, 0.29) is 11.8 Å². The van der Waals surface area contributed by atoms with E-state index in [1.165, 1.54) is 39.4 Å². The zero-order chi connectivity index (χ0) is 33.0. The number of allylic oxidation sites excluding steroid dienone is 3. The van der Waals surface area contributed by atoms with Crippen LogP contribution in [0.5, 0.6) is 0 Å². The van der Waals surface area contributed by atoms with Crippen LogP contribution in [0, 0.1) is 5.41 Å². The highest BCUT2D eigenvalue weighted by Gasteiger charge is 2.45. The first-order chi connectivity index (χ1) is 23.3. The lowest BCUT2D eigenvalue weighted by Gasteiger charge is -2.54. The number of nitrogens with zero attached hydrogens (tertiary/aromatic N) is 2. The summed E-state index contributed by atoms with van der Waals surface area (Å²) in [6.45, 7) is 6.29. The summed E-state index contributed by atoms with van der Waals surface area (Å²) in [6, 6.07) is 10.9. The summed E-state index contributed by atoms with van der Waals surface area (Å²) < 4.78 is 5.66.